The highest BCUT2D eigenvalue weighted by molar-refractivity contribution is 5.50. The predicted molar refractivity (Wildman–Crippen MR) is 78.8 cm³/mol. The summed E-state index contributed by atoms with van der Waals surface area (Å²) in [4.78, 5) is 6.66. The number of hydrogen-bond acceptors (Lipinski definition) is 3. The Labute approximate surface area is 131 Å². The molecule has 2 unspecified atom stereocenters. The van der Waals surface area contributed by atoms with E-state index in [2.05, 4.69) is 15.3 Å². The Hall–Kier alpha value is -1.80. The van der Waals surface area contributed by atoms with Crippen molar-refractivity contribution in [2.45, 2.75) is 38.3 Å². The monoisotopic (exact) mass is 328 g/mol. The predicted octanol–water partition coefficient (Wildman–Crippen LogP) is 2.66. The second-order valence-corrected chi connectivity index (χ2v) is 5.74. The first-order chi connectivity index (χ1) is 10.9. The fraction of sp³-hybridized carbons (Fsp3) is 0.533. The van der Waals surface area contributed by atoms with E-state index in [-0.39, 0.29) is 12.2 Å². The standard InChI is InChI=1S/C15H19F3N4O/c1-10-7-19-8-11(23-10)4-6-22-9-13(15(16,17)18)21-14(22)12-3-2-5-20-12/h2-3,5,9-11,19-20H,4,6-8H2,1H3. The summed E-state index contributed by atoms with van der Waals surface area (Å²) < 4.78 is 46.2. The Morgan fingerprint density at radius 3 is 2.87 bits per heavy atom. The SMILES string of the molecule is CC1CNCC(CCn2cc(C(F)(F)F)nc2-c2ccc[nH]2)O1. The number of morpholine rings is 1. The maximum atomic E-state index is 12.9. The number of imidazole rings is 1. The molecule has 0 saturated carbocycles. The van der Waals surface area contributed by atoms with E-state index in [0.717, 1.165) is 12.7 Å². The molecule has 126 valence electrons. The lowest BCUT2D eigenvalue weighted by Gasteiger charge is -2.28. The van der Waals surface area contributed by atoms with Crippen molar-refractivity contribution in [2.24, 2.45) is 0 Å². The van der Waals surface area contributed by atoms with Crippen LogP contribution >= 0.6 is 0 Å². The molecule has 1 fully saturated rings. The summed E-state index contributed by atoms with van der Waals surface area (Å²) >= 11 is 0. The smallest absolute Gasteiger partial charge is 0.373 e. The van der Waals surface area contributed by atoms with Crippen LogP contribution in [0.25, 0.3) is 11.5 Å². The number of ether oxygens (including phenoxy) is 1. The zero-order chi connectivity index (χ0) is 16.4. The second kappa shape index (κ2) is 6.37. The highest BCUT2D eigenvalue weighted by atomic mass is 19.4. The average Bonchev–Trinajstić information content (AvgIpc) is 3.13. The molecule has 0 amide bonds. The molecule has 0 radical (unpaired) electrons. The van der Waals surface area contributed by atoms with Crippen molar-refractivity contribution in [3.63, 3.8) is 0 Å². The van der Waals surface area contributed by atoms with Gasteiger partial charge in [-0.2, -0.15) is 13.2 Å². The van der Waals surface area contributed by atoms with Gasteiger partial charge in [0.25, 0.3) is 0 Å². The van der Waals surface area contributed by atoms with Gasteiger partial charge in [0.15, 0.2) is 11.5 Å². The zero-order valence-corrected chi connectivity index (χ0v) is 12.7. The third kappa shape index (κ3) is 3.76. The van der Waals surface area contributed by atoms with Gasteiger partial charge in [-0.15, -0.1) is 0 Å². The van der Waals surface area contributed by atoms with Crippen LogP contribution in [0, 0.1) is 0 Å². The Balaban J connectivity index is 1.78. The molecule has 23 heavy (non-hydrogen) atoms. The van der Waals surface area contributed by atoms with E-state index in [4.69, 9.17) is 4.74 Å². The van der Waals surface area contributed by atoms with Crippen molar-refractivity contribution in [1.82, 2.24) is 19.9 Å². The molecule has 2 aromatic heterocycles. The van der Waals surface area contributed by atoms with Gasteiger partial charge in [0.2, 0.25) is 0 Å². The number of aryl methyl sites for hydroxylation is 1. The number of aromatic amines is 1. The molecule has 2 N–H and O–H groups in total. The molecular formula is C15H19F3N4O. The van der Waals surface area contributed by atoms with Gasteiger partial charge in [0, 0.05) is 32.0 Å². The van der Waals surface area contributed by atoms with Crippen molar-refractivity contribution in [1.29, 1.82) is 0 Å². The number of H-pyrrole nitrogens is 1. The van der Waals surface area contributed by atoms with E-state index < -0.39 is 11.9 Å². The highest BCUT2D eigenvalue weighted by Gasteiger charge is 2.35. The van der Waals surface area contributed by atoms with E-state index >= 15 is 0 Å². The lowest BCUT2D eigenvalue weighted by molar-refractivity contribution is -0.140. The average molecular weight is 328 g/mol. The summed E-state index contributed by atoms with van der Waals surface area (Å²) in [5, 5.41) is 3.26. The molecule has 3 rings (SSSR count). The third-order valence-corrected chi connectivity index (χ3v) is 3.83. The number of rotatable bonds is 4. The number of alkyl halides is 3. The molecule has 2 aromatic rings. The minimum absolute atomic E-state index is 0.00743. The van der Waals surface area contributed by atoms with E-state index in [9.17, 15) is 13.2 Å². The van der Waals surface area contributed by atoms with Gasteiger partial charge in [0.1, 0.15) is 0 Å². The van der Waals surface area contributed by atoms with Crippen molar-refractivity contribution >= 4 is 0 Å². The van der Waals surface area contributed by atoms with Crippen LogP contribution in [0.3, 0.4) is 0 Å². The van der Waals surface area contributed by atoms with Gasteiger partial charge in [-0.3, -0.25) is 0 Å². The maximum absolute atomic E-state index is 12.9. The Morgan fingerprint density at radius 1 is 1.39 bits per heavy atom. The molecule has 8 heteroatoms. The molecule has 1 saturated heterocycles. The van der Waals surface area contributed by atoms with Gasteiger partial charge in [-0.1, -0.05) is 0 Å². The molecule has 2 atom stereocenters. The quantitative estimate of drug-likeness (QED) is 0.907. The molecule has 0 aliphatic carbocycles. The first-order valence-electron chi connectivity index (χ1n) is 7.58. The molecule has 0 aromatic carbocycles. The van der Waals surface area contributed by atoms with Crippen LogP contribution in [0.5, 0.6) is 0 Å². The summed E-state index contributed by atoms with van der Waals surface area (Å²) in [6.45, 7) is 3.90. The summed E-state index contributed by atoms with van der Waals surface area (Å²) in [7, 11) is 0. The Morgan fingerprint density at radius 2 is 2.22 bits per heavy atom. The Kier molecular flexibility index (Phi) is 4.45. The van der Waals surface area contributed by atoms with Gasteiger partial charge in [-0.05, 0) is 25.5 Å². The summed E-state index contributed by atoms with van der Waals surface area (Å²) in [6, 6.07) is 3.44. The van der Waals surface area contributed by atoms with Crippen molar-refractivity contribution in [3.8, 4) is 11.5 Å². The van der Waals surface area contributed by atoms with Crippen LogP contribution in [-0.4, -0.2) is 39.8 Å². The van der Waals surface area contributed by atoms with Crippen LogP contribution in [0.4, 0.5) is 13.2 Å². The number of nitrogens with one attached hydrogen (secondary N) is 2. The summed E-state index contributed by atoms with van der Waals surface area (Å²) in [5.74, 6) is 0.291. The van der Waals surface area contributed by atoms with Crippen molar-refractivity contribution in [3.05, 3.63) is 30.2 Å². The minimum atomic E-state index is -4.45. The molecule has 1 aliphatic heterocycles. The van der Waals surface area contributed by atoms with E-state index in [0.29, 0.717) is 31.0 Å². The van der Waals surface area contributed by atoms with Gasteiger partial charge in [-0.25, -0.2) is 4.98 Å². The largest absolute Gasteiger partial charge is 0.434 e. The first kappa shape index (κ1) is 16.1. The topological polar surface area (TPSA) is 54.9 Å². The van der Waals surface area contributed by atoms with Crippen LogP contribution < -0.4 is 5.32 Å². The molecule has 0 bridgehead atoms. The molecule has 3 heterocycles. The highest BCUT2D eigenvalue weighted by Crippen LogP contribution is 2.30. The lowest BCUT2D eigenvalue weighted by atomic mass is 10.2. The van der Waals surface area contributed by atoms with Gasteiger partial charge >= 0.3 is 6.18 Å². The van der Waals surface area contributed by atoms with Crippen molar-refractivity contribution in [2.75, 3.05) is 13.1 Å². The summed E-state index contributed by atoms with van der Waals surface area (Å²) in [6.07, 6.45) is -0.993. The zero-order valence-electron chi connectivity index (χ0n) is 12.7. The number of nitrogens with zero attached hydrogens (tertiary/aromatic N) is 2. The maximum Gasteiger partial charge on any atom is 0.434 e. The van der Waals surface area contributed by atoms with Gasteiger partial charge in [0.05, 0.1) is 17.9 Å². The first-order valence-corrected chi connectivity index (χ1v) is 7.58. The normalized spacial score (nSPS) is 22.4. The molecule has 1 aliphatic rings. The molecule has 5 nitrogen and oxygen atoms in total. The van der Waals surface area contributed by atoms with Crippen molar-refractivity contribution < 1.29 is 17.9 Å². The summed E-state index contributed by atoms with van der Waals surface area (Å²) in [5.41, 5.74) is -0.310. The van der Waals surface area contributed by atoms with Gasteiger partial charge < -0.3 is 19.6 Å². The van der Waals surface area contributed by atoms with Crippen LogP contribution in [-0.2, 0) is 17.5 Å². The second-order valence-electron chi connectivity index (χ2n) is 5.74. The lowest BCUT2D eigenvalue weighted by Crippen LogP contribution is -2.43. The Bertz CT molecular complexity index is 636. The fourth-order valence-electron chi connectivity index (χ4n) is 2.73. The fourth-order valence-corrected chi connectivity index (χ4v) is 2.73. The van der Waals surface area contributed by atoms with E-state index in [1.807, 2.05) is 6.92 Å². The minimum Gasteiger partial charge on any atom is -0.373 e. The number of hydrogen-bond donors (Lipinski definition) is 2. The van der Waals surface area contributed by atoms with Crippen LogP contribution in [0.2, 0.25) is 0 Å². The van der Waals surface area contributed by atoms with E-state index in [1.54, 1.807) is 18.3 Å². The molecular weight excluding hydrogens is 309 g/mol. The molecule has 0 spiro atoms. The number of halogens is 3. The van der Waals surface area contributed by atoms with Crippen LogP contribution in [0.15, 0.2) is 24.5 Å². The third-order valence-electron chi connectivity index (χ3n) is 3.83. The van der Waals surface area contributed by atoms with Crippen LogP contribution in [0.1, 0.15) is 19.0 Å². The van der Waals surface area contributed by atoms with E-state index in [1.165, 1.54) is 4.57 Å². The number of aromatic nitrogens is 3.